The van der Waals surface area contributed by atoms with E-state index in [4.69, 9.17) is 16.3 Å². The van der Waals surface area contributed by atoms with Gasteiger partial charge in [0.25, 0.3) is 5.91 Å². The van der Waals surface area contributed by atoms with Crippen LogP contribution in [0.15, 0.2) is 18.2 Å². The summed E-state index contributed by atoms with van der Waals surface area (Å²) in [7, 11) is 0. The second kappa shape index (κ2) is 6.17. The molecule has 0 saturated carbocycles. The maximum absolute atomic E-state index is 14.2. The van der Waals surface area contributed by atoms with Crippen molar-refractivity contribution in [3.05, 3.63) is 23.2 Å². The lowest BCUT2D eigenvalue weighted by Crippen LogP contribution is -2.41. The van der Waals surface area contributed by atoms with Crippen LogP contribution in [0, 0.1) is 5.92 Å². The lowest BCUT2D eigenvalue weighted by Gasteiger charge is -2.21. The molecule has 0 spiro atoms. The van der Waals surface area contributed by atoms with Crippen molar-refractivity contribution >= 4 is 23.2 Å². The number of nitrogens with one attached hydrogen (secondary N) is 2. The van der Waals surface area contributed by atoms with Gasteiger partial charge in [0.1, 0.15) is 0 Å². The first-order valence-electron chi connectivity index (χ1n) is 6.79. The van der Waals surface area contributed by atoms with Gasteiger partial charge in [0.2, 0.25) is 5.82 Å². The van der Waals surface area contributed by atoms with Crippen LogP contribution >= 0.6 is 11.6 Å². The number of hydrogen-bond donors (Lipinski definition) is 2. The molecule has 122 valence electrons. The van der Waals surface area contributed by atoms with Gasteiger partial charge >= 0.3 is 5.92 Å². The van der Waals surface area contributed by atoms with Gasteiger partial charge in [0, 0.05) is 17.2 Å². The third-order valence-corrected chi connectivity index (χ3v) is 3.80. The molecular weight excluding hydrogens is 332 g/mol. The van der Waals surface area contributed by atoms with Crippen LogP contribution in [0.3, 0.4) is 0 Å². The Morgan fingerprint density at radius 3 is 2.96 bits per heavy atom. The topological polar surface area (TPSA) is 92.8 Å². The number of benzene rings is 1. The van der Waals surface area contributed by atoms with Crippen LogP contribution in [0.5, 0.6) is 0 Å². The van der Waals surface area contributed by atoms with E-state index in [1.165, 1.54) is 18.2 Å². The molecule has 0 aliphatic carbocycles. The molecule has 1 fully saturated rings. The third kappa shape index (κ3) is 3.15. The summed E-state index contributed by atoms with van der Waals surface area (Å²) < 4.78 is 33.3. The van der Waals surface area contributed by atoms with Gasteiger partial charge in [-0.1, -0.05) is 11.6 Å². The van der Waals surface area contributed by atoms with E-state index in [0.29, 0.717) is 5.02 Å². The molecule has 1 aromatic heterocycles. The molecule has 0 radical (unpaired) electrons. The van der Waals surface area contributed by atoms with E-state index in [1.807, 2.05) is 0 Å². The number of halogens is 3. The number of tetrazole rings is 1. The molecule has 1 aliphatic rings. The van der Waals surface area contributed by atoms with E-state index in [-0.39, 0.29) is 36.7 Å². The summed E-state index contributed by atoms with van der Waals surface area (Å²) in [4.78, 5) is 12.0. The highest BCUT2D eigenvalue weighted by Gasteiger charge is 2.48. The SMILES string of the molecule is O=C(Nc1ccc(Cl)cc1-c1nn[nH]n1)C(F)(F)C1CCOC1. The average Bonchev–Trinajstić information content (AvgIpc) is 3.22. The maximum atomic E-state index is 14.2. The number of ether oxygens (including phenoxy) is 1. The fourth-order valence-corrected chi connectivity index (χ4v) is 2.47. The maximum Gasteiger partial charge on any atom is 0.329 e. The number of H-pyrrole nitrogens is 1. The highest BCUT2D eigenvalue weighted by atomic mass is 35.5. The summed E-state index contributed by atoms with van der Waals surface area (Å²) in [5.74, 6) is -5.94. The van der Waals surface area contributed by atoms with Crippen molar-refractivity contribution < 1.29 is 18.3 Å². The highest BCUT2D eigenvalue weighted by molar-refractivity contribution is 6.31. The smallest absolute Gasteiger partial charge is 0.329 e. The van der Waals surface area contributed by atoms with Crippen LogP contribution < -0.4 is 5.32 Å². The van der Waals surface area contributed by atoms with Gasteiger partial charge in [-0.15, -0.1) is 10.2 Å². The van der Waals surface area contributed by atoms with Crippen LogP contribution in [0.4, 0.5) is 14.5 Å². The minimum atomic E-state index is -3.54. The van der Waals surface area contributed by atoms with Gasteiger partial charge in [-0.2, -0.15) is 14.0 Å². The minimum absolute atomic E-state index is 0.124. The van der Waals surface area contributed by atoms with E-state index in [1.54, 1.807) is 0 Å². The van der Waals surface area contributed by atoms with E-state index in [2.05, 4.69) is 25.9 Å². The van der Waals surface area contributed by atoms with E-state index in [9.17, 15) is 13.6 Å². The molecule has 2 heterocycles. The number of nitrogens with zero attached hydrogens (tertiary/aromatic N) is 3. The van der Waals surface area contributed by atoms with Crippen molar-refractivity contribution in [3.63, 3.8) is 0 Å². The Balaban J connectivity index is 1.86. The fraction of sp³-hybridized carbons (Fsp3) is 0.385. The molecule has 1 amide bonds. The molecule has 1 atom stereocenters. The van der Waals surface area contributed by atoms with Crippen molar-refractivity contribution in [2.24, 2.45) is 5.92 Å². The Kier molecular flexibility index (Phi) is 4.22. The van der Waals surface area contributed by atoms with Gasteiger partial charge in [-0.25, -0.2) is 0 Å². The molecule has 1 saturated heterocycles. The number of aromatic amines is 1. The summed E-state index contributed by atoms with van der Waals surface area (Å²) in [6.07, 6.45) is 0.138. The van der Waals surface area contributed by atoms with Crippen molar-refractivity contribution in [3.8, 4) is 11.4 Å². The lowest BCUT2D eigenvalue weighted by molar-refractivity contribution is -0.147. The standard InChI is InChI=1S/C13H12ClF2N5O2/c14-8-1-2-10(9(5-8)11-18-20-21-19-11)17-12(22)13(15,16)7-3-4-23-6-7/h1-2,5,7H,3-4,6H2,(H,17,22)(H,18,19,20,21). The highest BCUT2D eigenvalue weighted by Crippen LogP contribution is 2.34. The molecule has 0 bridgehead atoms. The molecule has 23 heavy (non-hydrogen) atoms. The lowest BCUT2D eigenvalue weighted by atomic mass is 9.99. The first-order chi connectivity index (χ1) is 11.0. The molecule has 2 aromatic rings. The minimum Gasteiger partial charge on any atom is -0.381 e. The number of carbonyl (C=O) groups excluding carboxylic acids is 1. The monoisotopic (exact) mass is 343 g/mol. The molecular formula is C13H12ClF2N5O2. The molecule has 1 unspecified atom stereocenters. The molecule has 7 nitrogen and oxygen atoms in total. The number of anilines is 1. The Hall–Kier alpha value is -2.13. The number of hydrogen-bond acceptors (Lipinski definition) is 5. The van der Waals surface area contributed by atoms with E-state index < -0.39 is 17.7 Å². The van der Waals surface area contributed by atoms with Crippen molar-refractivity contribution in [1.29, 1.82) is 0 Å². The van der Waals surface area contributed by atoms with Gasteiger partial charge in [0.05, 0.1) is 18.2 Å². The second-order valence-electron chi connectivity index (χ2n) is 5.06. The van der Waals surface area contributed by atoms with Crippen LogP contribution in [0.1, 0.15) is 6.42 Å². The number of amides is 1. The Bertz CT molecular complexity index is 704. The van der Waals surface area contributed by atoms with Gasteiger partial charge in [0.15, 0.2) is 0 Å². The average molecular weight is 344 g/mol. The predicted molar refractivity (Wildman–Crippen MR) is 77.1 cm³/mol. The van der Waals surface area contributed by atoms with Gasteiger partial charge in [-0.05, 0) is 29.8 Å². The predicted octanol–water partition coefficient (Wildman–Crippen LogP) is 2.13. The van der Waals surface area contributed by atoms with Gasteiger partial charge < -0.3 is 10.1 Å². The quantitative estimate of drug-likeness (QED) is 0.887. The van der Waals surface area contributed by atoms with Gasteiger partial charge in [-0.3, -0.25) is 4.79 Å². The normalized spacial score (nSPS) is 18.1. The van der Waals surface area contributed by atoms with E-state index >= 15 is 0 Å². The summed E-state index contributed by atoms with van der Waals surface area (Å²) in [6.45, 7) is 0.0847. The zero-order valence-corrected chi connectivity index (χ0v) is 12.5. The summed E-state index contributed by atoms with van der Waals surface area (Å²) in [5, 5.41) is 15.8. The second-order valence-corrected chi connectivity index (χ2v) is 5.50. The molecule has 2 N–H and O–H groups in total. The summed E-state index contributed by atoms with van der Waals surface area (Å²) in [6, 6.07) is 4.34. The van der Waals surface area contributed by atoms with Crippen LogP contribution in [-0.2, 0) is 9.53 Å². The first kappa shape index (κ1) is 15.8. The Labute approximate surface area is 134 Å². The Morgan fingerprint density at radius 2 is 2.30 bits per heavy atom. The molecule has 10 heteroatoms. The zero-order chi connectivity index (χ0) is 16.4. The van der Waals surface area contributed by atoms with E-state index in [0.717, 1.165) is 0 Å². The largest absolute Gasteiger partial charge is 0.381 e. The van der Waals surface area contributed by atoms with Crippen LogP contribution in [-0.4, -0.2) is 45.7 Å². The number of aromatic nitrogens is 4. The van der Waals surface area contributed by atoms with Crippen molar-refractivity contribution in [2.45, 2.75) is 12.3 Å². The fourth-order valence-electron chi connectivity index (χ4n) is 2.30. The van der Waals surface area contributed by atoms with Crippen molar-refractivity contribution in [1.82, 2.24) is 20.6 Å². The Morgan fingerprint density at radius 1 is 1.48 bits per heavy atom. The zero-order valence-electron chi connectivity index (χ0n) is 11.7. The molecule has 1 aromatic carbocycles. The summed E-state index contributed by atoms with van der Waals surface area (Å²) >= 11 is 5.90. The van der Waals surface area contributed by atoms with Crippen LogP contribution in [0.25, 0.3) is 11.4 Å². The third-order valence-electron chi connectivity index (χ3n) is 3.56. The number of alkyl halides is 2. The van der Waals surface area contributed by atoms with Crippen LogP contribution in [0.2, 0.25) is 5.02 Å². The molecule has 3 rings (SSSR count). The number of rotatable bonds is 4. The molecule has 1 aliphatic heterocycles. The summed E-state index contributed by atoms with van der Waals surface area (Å²) in [5.41, 5.74) is 0.414. The number of carbonyl (C=O) groups is 1. The van der Waals surface area contributed by atoms with Crippen molar-refractivity contribution in [2.75, 3.05) is 18.5 Å². The first-order valence-corrected chi connectivity index (χ1v) is 7.16.